The lowest BCUT2D eigenvalue weighted by molar-refractivity contribution is 0.0559. The molecule has 0 N–H and O–H groups in total. The van der Waals surface area contributed by atoms with Crippen molar-refractivity contribution >= 4 is 15.9 Å². The zero-order chi connectivity index (χ0) is 9.97. The van der Waals surface area contributed by atoms with Crippen LogP contribution in [0, 0.1) is 5.82 Å². The van der Waals surface area contributed by atoms with Crippen LogP contribution in [-0.2, 0) is 4.74 Å². The minimum atomic E-state index is -0.200. The third-order valence-corrected chi connectivity index (χ3v) is 2.85. The highest BCUT2D eigenvalue weighted by atomic mass is 79.9. The Labute approximate surface area is 91.4 Å². The topological polar surface area (TPSA) is 9.23 Å². The summed E-state index contributed by atoms with van der Waals surface area (Å²) in [5.41, 5.74) is 1.04. The highest BCUT2D eigenvalue weighted by Crippen LogP contribution is 2.31. The van der Waals surface area contributed by atoms with Crippen LogP contribution in [0.2, 0.25) is 0 Å². The van der Waals surface area contributed by atoms with Crippen LogP contribution in [-0.4, -0.2) is 11.4 Å². The van der Waals surface area contributed by atoms with Crippen LogP contribution < -0.4 is 0 Å². The number of ether oxygens (including phenoxy) is 1. The Kier molecular flexibility index (Phi) is 3.19. The van der Waals surface area contributed by atoms with Gasteiger partial charge in [0, 0.05) is 5.33 Å². The number of rotatable bonds is 4. The second-order valence-corrected chi connectivity index (χ2v) is 4.18. The molecule has 14 heavy (non-hydrogen) atoms. The molecular weight excluding hydrogens is 247 g/mol. The third kappa shape index (κ3) is 2.55. The van der Waals surface area contributed by atoms with Crippen molar-refractivity contribution in [2.24, 2.45) is 0 Å². The van der Waals surface area contributed by atoms with E-state index in [0.29, 0.717) is 6.10 Å². The summed E-state index contributed by atoms with van der Waals surface area (Å²) < 4.78 is 18.4. The molecule has 1 saturated carbocycles. The number of alkyl halides is 1. The van der Waals surface area contributed by atoms with Gasteiger partial charge >= 0.3 is 0 Å². The van der Waals surface area contributed by atoms with Crippen LogP contribution >= 0.6 is 15.9 Å². The molecule has 0 aliphatic heterocycles. The van der Waals surface area contributed by atoms with E-state index in [1.807, 2.05) is 0 Å². The Balaban J connectivity index is 2.05. The minimum Gasteiger partial charge on any atom is -0.369 e. The van der Waals surface area contributed by atoms with Gasteiger partial charge in [-0.25, -0.2) is 4.39 Å². The molecule has 0 heterocycles. The zero-order valence-corrected chi connectivity index (χ0v) is 9.34. The lowest BCUT2D eigenvalue weighted by atomic mass is 10.1. The SMILES string of the molecule is Fc1ccc(C(CBr)OC2CC2)cc1. The van der Waals surface area contributed by atoms with E-state index in [1.165, 1.54) is 12.1 Å². The fourth-order valence-electron chi connectivity index (χ4n) is 1.32. The monoisotopic (exact) mass is 258 g/mol. The van der Waals surface area contributed by atoms with Gasteiger partial charge in [-0.3, -0.25) is 0 Å². The Morgan fingerprint density at radius 3 is 2.50 bits per heavy atom. The number of benzene rings is 1. The third-order valence-electron chi connectivity index (χ3n) is 2.26. The van der Waals surface area contributed by atoms with Crippen molar-refractivity contribution in [1.29, 1.82) is 0 Å². The Bertz CT molecular complexity index is 295. The van der Waals surface area contributed by atoms with E-state index < -0.39 is 0 Å². The largest absolute Gasteiger partial charge is 0.369 e. The van der Waals surface area contributed by atoms with Gasteiger partial charge in [0.05, 0.1) is 12.2 Å². The molecule has 1 aromatic carbocycles. The van der Waals surface area contributed by atoms with Gasteiger partial charge in [0.2, 0.25) is 0 Å². The molecule has 2 rings (SSSR count). The van der Waals surface area contributed by atoms with E-state index in [4.69, 9.17) is 4.74 Å². The quantitative estimate of drug-likeness (QED) is 0.752. The van der Waals surface area contributed by atoms with Crippen molar-refractivity contribution in [1.82, 2.24) is 0 Å². The summed E-state index contributed by atoms with van der Waals surface area (Å²) >= 11 is 3.41. The number of hydrogen-bond acceptors (Lipinski definition) is 1. The molecule has 0 spiro atoms. The van der Waals surface area contributed by atoms with Crippen LogP contribution in [0.5, 0.6) is 0 Å². The molecule has 1 aliphatic rings. The Hall–Kier alpha value is -0.410. The van der Waals surface area contributed by atoms with Crippen molar-refractivity contribution in [3.8, 4) is 0 Å². The first-order valence-electron chi connectivity index (χ1n) is 4.76. The van der Waals surface area contributed by atoms with E-state index >= 15 is 0 Å². The molecule has 1 unspecified atom stereocenters. The second-order valence-electron chi connectivity index (χ2n) is 3.53. The van der Waals surface area contributed by atoms with E-state index in [0.717, 1.165) is 23.7 Å². The maximum atomic E-state index is 12.7. The predicted molar refractivity (Wildman–Crippen MR) is 57.0 cm³/mol. The average molecular weight is 259 g/mol. The molecule has 1 fully saturated rings. The smallest absolute Gasteiger partial charge is 0.123 e. The molecule has 0 saturated heterocycles. The molecule has 1 aromatic rings. The normalized spacial score (nSPS) is 18.1. The van der Waals surface area contributed by atoms with E-state index in [-0.39, 0.29) is 11.9 Å². The molecule has 1 aliphatic carbocycles. The second kappa shape index (κ2) is 4.41. The summed E-state index contributed by atoms with van der Waals surface area (Å²) in [5, 5.41) is 0.759. The molecule has 3 heteroatoms. The van der Waals surface area contributed by atoms with Gasteiger partial charge < -0.3 is 4.74 Å². The summed E-state index contributed by atoms with van der Waals surface area (Å²) in [6, 6.07) is 6.51. The highest BCUT2D eigenvalue weighted by molar-refractivity contribution is 9.09. The van der Waals surface area contributed by atoms with Crippen molar-refractivity contribution in [2.45, 2.75) is 25.0 Å². The first-order chi connectivity index (χ1) is 6.79. The number of halogens is 2. The van der Waals surface area contributed by atoms with Crippen LogP contribution in [0.3, 0.4) is 0 Å². The maximum Gasteiger partial charge on any atom is 0.123 e. The van der Waals surface area contributed by atoms with Crippen molar-refractivity contribution in [3.63, 3.8) is 0 Å². The summed E-state index contributed by atoms with van der Waals surface area (Å²) in [6.07, 6.45) is 2.79. The standard InChI is InChI=1S/C11H12BrFO/c12-7-11(14-10-5-6-10)8-1-3-9(13)4-2-8/h1-4,10-11H,5-7H2. The fourth-order valence-corrected chi connectivity index (χ4v) is 1.84. The van der Waals surface area contributed by atoms with Crippen LogP contribution in [0.25, 0.3) is 0 Å². The summed E-state index contributed by atoms with van der Waals surface area (Å²) in [6.45, 7) is 0. The maximum absolute atomic E-state index is 12.7. The lowest BCUT2D eigenvalue weighted by Crippen LogP contribution is -2.07. The summed E-state index contributed by atoms with van der Waals surface area (Å²) in [7, 11) is 0. The van der Waals surface area contributed by atoms with Crippen molar-refractivity contribution in [3.05, 3.63) is 35.6 Å². The first kappa shape index (κ1) is 10.1. The van der Waals surface area contributed by atoms with Gasteiger partial charge in [0.15, 0.2) is 0 Å². The molecule has 1 nitrogen and oxygen atoms in total. The highest BCUT2D eigenvalue weighted by Gasteiger charge is 2.26. The fraction of sp³-hybridized carbons (Fsp3) is 0.455. The minimum absolute atomic E-state index is 0.0584. The molecule has 76 valence electrons. The van der Waals surface area contributed by atoms with Crippen LogP contribution in [0.1, 0.15) is 24.5 Å². The van der Waals surface area contributed by atoms with Gasteiger partial charge in [0.25, 0.3) is 0 Å². The van der Waals surface area contributed by atoms with Crippen LogP contribution in [0.15, 0.2) is 24.3 Å². The van der Waals surface area contributed by atoms with Crippen molar-refractivity contribution < 1.29 is 9.13 Å². The first-order valence-corrected chi connectivity index (χ1v) is 5.88. The molecule has 0 bridgehead atoms. The van der Waals surface area contributed by atoms with Gasteiger partial charge in [-0.1, -0.05) is 28.1 Å². The molecule has 0 amide bonds. The Morgan fingerprint density at radius 2 is 2.00 bits per heavy atom. The van der Waals surface area contributed by atoms with E-state index in [1.54, 1.807) is 12.1 Å². The van der Waals surface area contributed by atoms with Crippen LogP contribution in [0.4, 0.5) is 4.39 Å². The Morgan fingerprint density at radius 1 is 1.36 bits per heavy atom. The molecule has 0 aromatic heterocycles. The van der Waals surface area contributed by atoms with E-state index in [2.05, 4.69) is 15.9 Å². The average Bonchev–Trinajstić information content (AvgIpc) is 3.00. The summed E-state index contributed by atoms with van der Waals surface area (Å²) in [5.74, 6) is -0.200. The van der Waals surface area contributed by atoms with E-state index in [9.17, 15) is 4.39 Å². The molecule has 0 radical (unpaired) electrons. The number of hydrogen-bond donors (Lipinski definition) is 0. The van der Waals surface area contributed by atoms with Gasteiger partial charge in [-0.05, 0) is 30.5 Å². The van der Waals surface area contributed by atoms with Gasteiger partial charge in [0.1, 0.15) is 5.82 Å². The summed E-state index contributed by atoms with van der Waals surface area (Å²) in [4.78, 5) is 0. The zero-order valence-electron chi connectivity index (χ0n) is 7.75. The molecule has 1 atom stereocenters. The van der Waals surface area contributed by atoms with Gasteiger partial charge in [-0.2, -0.15) is 0 Å². The molecular formula is C11H12BrFO. The predicted octanol–water partition coefficient (Wildman–Crippen LogP) is 3.44. The van der Waals surface area contributed by atoms with Gasteiger partial charge in [-0.15, -0.1) is 0 Å². The van der Waals surface area contributed by atoms with Crippen molar-refractivity contribution in [2.75, 3.05) is 5.33 Å². The lowest BCUT2D eigenvalue weighted by Gasteiger charge is -2.15.